The number of carbonyl (C=O) groups is 1. The van der Waals surface area contributed by atoms with Crippen molar-refractivity contribution in [2.24, 2.45) is 0 Å². The van der Waals surface area contributed by atoms with Crippen LogP contribution in [0, 0.1) is 0 Å². The van der Waals surface area contributed by atoms with Gasteiger partial charge in [0.2, 0.25) is 0 Å². The Morgan fingerprint density at radius 3 is 3.15 bits per heavy atom. The van der Waals surface area contributed by atoms with E-state index in [1.807, 2.05) is 23.1 Å². The van der Waals surface area contributed by atoms with Gasteiger partial charge in [0.05, 0.1) is 17.3 Å². The van der Waals surface area contributed by atoms with Crippen LogP contribution in [-0.4, -0.2) is 46.8 Å². The number of ether oxygens (including phenoxy) is 1. The van der Waals surface area contributed by atoms with Crippen molar-refractivity contribution >= 4 is 16.8 Å². The molecule has 1 aliphatic rings. The molecule has 2 aromatic rings. The molecule has 5 nitrogen and oxygen atoms in total. The number of fused-ring (bicyclic) bond motifs is 1. The maximum atomic E-state index is 12.6. The van der Waals surface area contributed by atoms with Crippen LogP contribution in [0.3, 0.4) is 0 Å². The second-order valence-corrected chi connectivity index (χ2v) is 5.66. The smallest absolute Gasteiger partial charge is 0.254 e. The van der Waals surface area contributed by atoms with Gasteiger partial charge in [0.15, 0.2) is 0 Å². The largest absolute Gasteiger partial charge is 0.377 e. The molecule has 0 aliphatic carbocycles. The van der Waals surface area contributed by atoms with E-state index in [4.69, 9.17) is 4.74 Å². The molecule has 1 N–H and O–H groups in total. The molecular weight excluding hydrogens is 254 g/mol. The molecule has 0 saturated carbocycles. The van der Waals surface area contributed by atoms with Crippen molar-refractivity contribution in [2.45, 2.75) is 25.4 Å². The molecule has 1 atom stereocenters. The summed E-state index contributed by atoms with van der Waals surface area (Å²) in [7, 11) is 1.71. The second-order valence-electron chi connectivity index (χ2n) is 5.66. The van der Waals surface area contributed by atoms with Crippen LogP contribution in [0.2, 0.25) is 0 Å². The number of likely N-dealkylation sites (tertiary alicyclic amines) is 1. The van der Waals surface area contributed by atoms with E-state index in [0.29, 0.717) is 12.1 Å². The molecule has 3 rings (SSSR count). The number of methoxy groups -OCH3 is 1. The fraction of sp³-hybridized carbons (Fsp3) is 0.467. The third kappa shape index (κ3) is 2.29. The van der Waals surface area contributed by atoms with E-state index in [1.165, 1.54) is 0 Å². The monoisotopic (exact) mass is 273 g/mol. The first kappa shape index (κ1) is 13.1. The van der Waals surface area contributed by atoms with Crippen molar-refractivity contribution in [3.05, 3.63) is 30.0 Å². The lowest BCUT2D eigenvalue weighted by Gasteiger charge is -2.39. The lowest BCUT2D eigenvalue weighted by molar-refractivity contribution is -0.0440. The Morgan fingerprint density at radius 2 is 2.35 bits per heavy atom. The van der Waals surface area contributed by atoms with Crippen LogP contribution in [0.15, 0.2) is 24.4 Å². The van der Waals surface area contributed by atoms with Gasteiger partial charge in [-0.15, -0.1) is 0 Å². The number of hydrogen-bond donors (Lipinski definition) is 1. The normalized spacial score (nSPS) is 23.2. The number of aromatic nitrogens is 2. The standard InChI is InChI=1S/C15H19N3O2/c1-15(20-2)6-3-7-18(10-15)14(19)11-4-5-12-9-16-17-13(12)8-11/h4-5,8-9H,3,6-7,10H2,1-2H3,(H,16,17). The summed E-state index contributed by atoms with van der Waals surface area (Å²) in [6.45, 7) is 3.49. The summed E-state index contributed by atoms with van der Waals surface area (Å²) >= 11 is 0. The van der Waals surface area contributed by atoms with Crippen LogP contribution in [0.4, 0.5) is 0 Å². The van der Waals surface area contributed by atoms with Crippen LogP contribution >= 0.6 is 0 Å². The van der Waals surface area contributed by atoms with E-state index in [0.717, 1.165) is 30.3 Å². The Labute approximate surface area is 117 Å². The molecule has 106 valence electrons. The van der Waals surface area contributed by atoms with E-state index in [1.54, 1.807) is 13.3 Å². The highest BCUT2D eigenvalue weighted by Crippen LogP contribution is 2.25. The molecule has 1 saturated heterocycles. The number of H-pyrrole nitrogens is 1. The molecule has 1 fully saturated rings. The molecule has 1 aromatic heterocycles. The Morgan fingerprint density at radius 1 is 1.50 bits per heavy atom. The molecule has 2 heterocycles. The van der Waals surface area contributed by atoms with Crippen molar-refractivity contribution in [1.82, 2.24) is 15.1 Å². The number of hydrogen-bond acceptors (Lipinski definition) is 3. The maximum absolute atomic E-state index is 12.6. The predicted octanol–water partition coefficient (Wildman–Crippen LogP) is 2.20. The van der Waals surface area contributed by atoms with Gasteiger partial charge in [-0.3, -0.25) is 9.89 Å². The van der Waals surface area contributed by atoms with E-state index in [2.05, 4.69) is 17.1 Å². The van der Waals surface area contributed by atoms with Crippen LogP contribution in [0.1, 0.15) is 30.1 Å². The first-order valence-corrected chi connectivity index (χ1v) is 6.89. The highest BCUT2D eigenvalue weighted by molar-refractivity contribution is 5.97. The molecule has 1 amide bonds. The average Bonchev–Trinajstić information content (AvgIpc) is 2.94. The molecule has 0 radical (unpaired) electrons. The molecule has 0 bridgehead atoms. The minimum atomic E-state index is -0.230. The van der Waals surface area contributed by atoms with Gasteiger partial charge in [-0.05, 0) is 31.9 Å². The fourth-order valence-electron chi connectivity index (χ4n) is 2.80. The van der Waals surface area contributed by atoms with Crippen molar-refractivity contribution in [2.75, 3.05) is 20.2 Å². The summed E-state index contributed by atoms with van der Waals surface area (Å²) in [5.41, 5.74) is 1.36. The first-order chi connectivity index (χ1) is 9.61. The fourth-order valence-corrected chi connectivity index (χ4v) is 2.80. The van der Waals surface area contributed by atoms with Gasteiger partial charge in [0, 0.05) is 31.1 Å². The predicted molar refractivity (Wildman–Crippen MR) is 76.6 cm³/mol. The quantitative estimate of drug-likeness (QED) is 0.912. The summed E-state index contributed by atoms with van der Waals surface area (Å²) in [4.78, 5) is 14.5. The minimum absolute atomic E-state index is 0.0597. The van der Waals surface area contributed by atoms with Gasteiger partial charge >= 0.3 is 0 Å². The summed E-state index contributed by atoms with van der Waals surface area (Å²) in [5, 5.41) is 7.90. The Balaban J connectivity index is 1.84. The van der Waals surface area contributed by atoms with Crippen LogP contribution in [0.5, 0.6) is 0 Å². The zero-order chi connectivity index (χ0) is 14.2. The van der Waals surface area contributed by atoms with Gasteiger partial charge in [-0.2, -0.15) is 5.10 Å². The van der Waals surface area contributed by atoms with E-state index < -0.39 is 0 Å². The zero-order valence-corrected chi connectivity index (χ0v) is 11.8. The minimum Gasteiger partial charge on any atom is -0.377 e. The van der Waals surface area contributed by atoms with Crippen molar-refractivity contribution in [3.63, 3.8) is 0 Å². The van der Waals surface area contributed by atoms with Crippen LogP contribution in [0.25, 0.3) is 10.9 Å². The molecule has 0 spiro atoms. The Hall–Kier alpha value is -1.88. The number of piperidine rings is 1. The third-order valence-corrected chi connectivity index (χ3v) is 4.13. The second kappa shape index (κ2) is 4.90. The third-order valence-electron chi connectivity index (χ3n) is 4.13. The topological polar surface area (TPSA) is 58.2 Å². The van der Waals surface area contributed by atoms with Gasteiger partial charge in [0.1, 0.15) is 0 Å². The number of carbonyl (C=O) groups excluding carboxylic acids is 1. The Kier molecular flexibility index (Phi) is 3.22. The average molecular weight is 273 g/mol. The van der Waals surface area contributed by atoms with Crippen molar-refractivity contribution < 1.29 is 9.53 Å². The molecule has 20 heavy (non-hydrogen) atoms. The number of rotatable bonds is 2. The number of aromatic amines is 1. The zero-order valence-electron chi connectivity index (χ0n) is 11.8. The molecule has 5 heteroatoms. The van der Waals surface area contributed by atoms with Gasteiger partial charge in [-0.1, -0.05) is 6.07 Å². The number of nitrogens with one attached hydrogen (secondary N) is 1. The summed E-state index contributed by atoms with van der Waals surface area (Å²) in [6, 6.07) is 5.65. The molecule has 1 aliphatic heterocycles. The van der Waals surface area contributed by atoms with Gasteiger partial charge in [-0.25, -0.2) is 0 Å². The molecule has 1 aromatic carbocycles. The summed E-state index contributed by atoms with van der Waals surface area (Å²) in [5.74, 6) is 0.0597. The lowest BCUT2D eigenvalue weighted by atomic mass is 9.94. The van der Waals surface area contributed by atoms with Gasteiger partial charge < -0.3 is 9.64 Å². The lowest BCUT2D eigenvalue weighted by Crippen LogP contribution is -2.49. The summed E-state index contributed by atoms with van der Waals surface area (Å²) < 4.78 is 5.54. The van der Waals surface area contributed by atoms with Crippen LogP contribution in [-0.2, 0) is 4.74 Å². The highest BCUT2D eigenvalue weighted by atomic mass is 16.5. The van der Waals surface area contributed by atoms with E-state index in [-0.39, 0.29) is 11.5 Å². The van der Waals surface area contributed by atoms with Gasteiger partial charge in [0.25, 0.3) is 5.91 Å². The number of benzene rings is 1. The highest BCUT2D eigenvalue weighted by Gasteiger charge is 2.33. The van der Waals surface area contributed by atoms with Crippen molar-refractivity contribution in [1.29, 1.82) is 0 Å². The van der Waals surface area contributed by atoms with Crippen molar-refractivity contribution in [3.8, 4) is 0 Å². The van der Waals surface area contributed by atoms with Crippen LogP contribution < -0.4 is 0 Å². The summed E-state index contributed by atoms with van der Waals surface area (Å²) in [6.07, 6.45) is 3.72. The molecular formula is C15H19N3O2. The maximum Gasteiger partial charge on any atom is 0.254 e. The number of amides is 1. The van der Waals surface area contributed by atoms with E-state index in [9.17, 15) is 4.79 Å². The van der Waals surface area contributed by atoms with E-state index >= 15 is 0 Å². The molecule has 1 unspecified atom stereocenters. The first-order valence-electron chi connectivity index (χ1n) is 6.89. The number of nitrogens with zero attached hydrogens (tertiary/aromatic N) is 2. The SMILES string of the molecule is COC1(C)CCCN(C(=O)c2ccc3cn[nH]c3c2)C1. The Bertz CT molecular complexity index is 637.